The zero-order valence-corrected chi connectivity index (χ0v) is 7.99. The monoisotopic (exact) mass is 194 g/mol. The zero-order chi connectivity index (χ0) is 9.56. The Morgan fingerprint density at radius 3 is 2.23 bits per heavy atom. The second-order valence-corrected chi connectivity index (χ2v) is 2.91. The van der Waals surface area contributed by atoms with Gasteiger partial charge >= 0.3 is 5.97 Å². The van der Waals surface area contributed by atoms with E-state index in [0.717, 1.165) is 0 Å². The molecule has 0 aliphatic carbocycles. The van der Waals surface area contributed by atoms with E-state index in [-0.39, 0.29) is 18.5 Å². The Balaban J connectivity index is 0. The van der Waals surface area contributed by atoms with Crippen LogP contribution in [0.15, 0.2) is 0 Å². The first-order chi connectivity index (χ1) is 5.52. The van der Waals surface area contributed by atoms with Gasteiger partial charge in [0.2, 0.25) is 0 Å². The van der Waals surface area contributed by atoms with Crippen LogP contribution in [0, 0.1) is 0 Å². The predicted octanol–water partition coefficient (Wildman–Crippen LogP) is -0.753. The summed E-state index contributed by atoms with van der Waals surface area (Å²) in [6.45, 7) is 3.36. The van der Waals surface area contributed by atoms with Gasteiger partial charge in [0.1, 0.15) is 0 Å². The largest absolute Gasteiger partial charge is 0.466 e. The second-order valence-electron chi connectivity index (χ2n) is 2.91. The molecule has 0 bridgehead atoms. The van der Waals surface area contributed by atoms with Crippen LogP contribution in [0.4, 0.5) is 0 Å². The van der Waals surface area contributed by atoms with Crippen LogP contribution in [0.25, 0.3) is 0 Å². The van der Waals surface area contributed by atoms with Crippen LogP contribution in [-0.2, 0) is 9.53 Å². The highest BCUT2D eigenvalue weighted by Gasteiger charge is 2.07. The molecule has 2 atom stereocenters. The number of carbonyl (C=O) groups excluding carboxylic acids is 1. The van der Waals surface area contributed by atoms with Crippen LogP contribution in [0.2, 0.25) is 0 Å². The van der Waals surface area contributed by atoms with E-state index in [1.54, 1.807) is 6.92 Å². The third kappa shape index (κ3) is 11.3. The number of carbonyl (C=O) groups is 1. The van der Waals surface area contributed by atoms with Crippen molar-refractivity contribution in [2.75, 3.05) is 6.61 Å². The van der Waals surface area contributed by atoms with Crippen molar-refractivity contribution in [3.05, 3.63) is 0 Å². The van der Waals surface area contributed by atoms with Crippen molar-refractivity contribution < 1.29 is 25.2 Å². The Morgan fingerprint density at radius 1 is 1.31 bits per heavy atom. The van der Waals surface area contributed by atoms with Gasteiger partial charge in [-0.15, -0.1) is 0 Å². The Labute approximate surface area is 77.6 Å². The average Bonchev–Trinajstić information content (AvgIpc) is 1.84. The van der Waals surface area contributed by atoms with Gasteiger partial charge in [0.25, 0.3) is 0 Å². The molecular weight excluding hydrogens is 176 g/mol. The van der Waals surface area contributed by atoms with Gasteiger partial charge in [-0.3, -0.25) is 4.79 Å². The number of esters is 1. The van der Waals surface area contributed by atoms with Crippen molar-refractivity contribution >= 4 is 5.97 Å². The minimum absolute atomic E-state index is 0. The molecule has 0 fully saturated rings. The summed E-state index contributed by atoms with van der Waals surface area (Å²) in [5.41, 5.74) is 0. The quantitative estimate of drug-likeness (QED) is 0.562. The molecule has 5 heteroatoms. The Bertz CT molecular complexity index is 132. The van der Waals surface area contributed by atoms with E-state index in [0.29, 0.717) is 6.42 Å². The van der Waals surface area contributed by atoms with E-state index in [1.165, 1.54) is 6.92 Å². The molecule has 4 N–H and O–H groups in total. The van der Waals surface area contributed by atoms with Crippen LogP contribution in [0.3, 0.4) is 0 Å². The molecule has 0 rings (SSSR count). The minimum atomic E-state index is -0.663. The number of ether oxygens (including phenoxy) is 1. The minimum Gasteiger partial charge on any atom is -0.466 e. The molecule has 0 spiro atoms. The van der Waals surface area contributed by atoms with E-state index in [2.05, 4.69) is 0 Å². The lowest BCUT2D eigenvalue weighted by atomic mass is 10.3. The van der Waals surface area contributed by atoms with Crippen molar-refractivity contribution in [3.63, 3.8) is 0 Å². The fraction of sp³-hybridized carbons (Fsp3) is 0.875. The molecular formula is C8H18O5. The first-order valence-electron chi connectivity index (χ1n) is 4.04. The zero-order valence-electron chi connectivity index (χ0n) is 7.99. The fourth-order valence-electron chi connectivity index (χ4n) is 0.643. The summed E-state index contributed by atoms with van der Waals surface area (Å²) in [4.78, 5) is 10.8. The lowest BCUT2D eigenvalue weighted by Gasteiger charge is -2.06. The lowest BCUT2D eigenvalue weighted by Crippen LogP contribution is -2.15. The van der Waals surface area contributed by atoms with E-state index >= 15 is 0 Å². The van der Waals surface area contributed by atoms with E-state index in [4.69, 9.17) is 14.9 Å². The summed E-state index contributed by atoms with van der Waals surface area (Å²) in [6, 6.07) is 0. The molecule has 0 amide bonds. The maximum atomic E-state index is 10.8. The molecule has 0 aliphatic rings. The Kier molecular flexibility index (Phi) is 9.11. The third-order valence-electron chi connectivity index (χ3n) is 1.26. The van der Waals surface area contributed by atoms with Gasteiger partial charge in [-0.25, -0.2) is 0 Å². The fourth-order valence-corrected chi connectivity index (χ4v) is 0.643. The molecule has 80 valence electrons. The van der Waals surface area contributed by atoms with Gasteiger partial charge in [-0.1, -0.05) is 0 Å². The van der Waals surface area contributed by atoms with Gasteiger partial charge in [0.15, 0.2) is 0 Å². The van der Waals surface area contributed by atoms with Crippen molar-refractivity contribution in [3.8, 4) is 0 Å². The smallest absolute Gasteiger partial charge is 0.308 e. The van der Waals surface area contributed by atoms with Gasteiger partial charge in [0, 0.05) is 6.42 Å². The van der Waals surface area contributed by atoms with Crippen LogP contribution in [0.5, 0.6) is 0 Å². The summed E-state index contributed by atoms with van der Waals surface area (Å²) < 4.78 is 4.70. The van der Waals surface area contributed by atoms with E-state index < -0.39 is 18.2 Å². The standard InChI is InChI=1S/C8H16O4.H2O/c1-6(9)3-4-12-8(11)5-7(2)10;/h6-7,9-10H,3-5H2,1-2H3;1H2/t6-,7-;/m1./s1. The van der Waals surface area contributed by atoms with Crippen molar-refractivity contribution in [2.24, 2.45) is 0 Å². The summed E-state index contributed by atoms with van der Waals surface area (Å²) in [5, 5.41) is 17.6. The molecule has 5 nitrogen and oxygen atoms in total. The highest BCUT2D eigenvalue weighted by molar-refractivity contribution is 5.69. The van der Waals surface area contributed by atoms with Crippen LogP contribution in [-0.4, -0.2) is 40.5 Å². The lowest BCUT2D eigenvalue weighted by molar-refractivity contribution is -0.146. The van der Waals surface area contributed by atoms with Gasteiger partial charge < -0.3 is 20.4 Å². The highest BCUT2D eigenvalue weighted by Crippen LogP contribution is 1.95. The van der Waals surface area contributed by atoms with E-state index in [9.17, 15) is 4.79 Å². The SMILES string of the molecule is C[C@@H](O)CCOC(=O)C[C@@H](C)O.O. The molecule has 0 radical (unpaired) electrons. The van der Waals surface area contributed by atoms with Gasteiger partial charge in [-0.2, -0.15) is 0 Å². The molecule has 0 aliphatic heterocycles. The predicted molar refractivity (Wildman–Crippen MR) is 47.2 cm³/mol. The summed E-state index contributed by atoms with van der Waals surface area (Å²) >= 11 is 0. The third-order valence-corrected chi connectivity index (χ3v) is 1.26. The maximum Gasteiger partial charge on any atom is 0.308 e. The molecule has 0 aromatic rings. The van der Waals surface area contributed by atoms with Crippen LogP contribution < -0.4 is 0 Å². The first kappa shape index (κ1) is 14.9. The number of aliphatic hydroxyl groups is 2. The number of aliphatic hydroxyl groups excluding tert-OH is 2. The Hall–Kier alpha value is -0.650. The maximum absolute atomic E-state index is 10.8. The number of hydrogen-bond donors (Lipinski definition) is 2. The molecule has 0 saturated carbocycles. The summed E-state index contributed by atoms with van der Waals surface area (Å²) in [6.07, 6.45) is -0.667. The molecule has 0 saturated heterocycles. The number of hydrogen-bond acceptors (Lipinski definition) is 4. The molecule has 0 unspecified atom stereocenters. The summed E-state index contributed by atoms with van der Waals surface area (Å²) in [5.74, 6) is -0.425. The summed E-state index contributed by atoms with van der Waals surface area (Å²) in [7, 11) is 0. The topological polar surface area (TPSA) is 98.3 Å². The molecule has 13 heavy (non-hydrogen) atoms. The van der Waals surface area contributed by atoms with Crippen LogP contribution >= 0.6 is 0 Å². The van der Waals surface area contributed by atoms with Crippen LogP contribution in [0.1, 0.15) is 26.7 Å². The van der Waals surface area contributed by atoms with Gasteiger partial charge in [0.05, 0.1) is 25.2 Å². The Morgan fingerprint density at radius 2 is 1.85 bits per heavy atom. The van der Waals surface area contributed by atoms with Crippen molar-refractivity contribution in [1.29, 1.82) is 0 Å². The van der Waals surface area contributed by atoms with Gasteiger partial charge in [-0.05, 0) is 13.8 Å². The van der Waals surface area contributed by atoms with Crippen molar-refractivity contribution in [2.45, 2.75) is 38.9 Å². The van der Waals surface area contributed by atoms with Crippen molar-refractivity contribution in [1.82, 2.24) is 0 Å². The normalized spacial score (nSPS) is 14.2. The number of rotatable bonds is 5. The molecule has 0 aromatic carbocycles. The second kappa shape index (κ2) is 7.97. The molecule has 0 heterocycles. The average molecular weight is 194 g/mol. The first-order valence-corrected chi connectivity index (χ1v) is 4.04. The molecule has 0 aromatic heterocycles. The highest BCUT2D eigenvalue weighted by atomic mass is 16.5. The van der Waals surface area contributed by atoms with E-state index in [1.807, 2.05) is 0 Å².